The highest BCUT2D eigenvalue weighted by molar-refractivity contribution is 7.89. The average Bonchev–Trinajstić information content (AvgIpc) is 2.55. The van der Waals surface area contributed by atoms with Crippen molar-refractivity contribution in [1.82, 2.24) is 9.62 Å². The van der Waals surface area contributed by atoms with E-state index in [-0.39, 0.29) is 49.4 Å². The van der Waals surface area contributed by atoms with Gasteiger partial charge in [0.05, 0.1) is 0 Å². The van der Waals surface area contributed by atoms with E-state index in [1.165, 1.54) is 10.4 Å². The second-order valence-electron chi connectivity index (χ2n) is 5.68. The monoisotopic (exact) mass is 413 g/mol. The lowest BCUT2D eigenvalue weighted by Crippen LogP contribution is -2.49. The third-order valence-electron chi connectivity index (χ3n) is 3.96. The van der Waals surface area contributed by atoms with Crippen LogP contribution in [0.5, 0.6) is 0 Å². The fourth-order valence-electron chi connectivity index (χ4n) is 2.75. The fourth-order valence-corrected chi connectivity index (χ4v) is 4.77. The Labute approximate surface area is 158 Å². The van der Waals surface area contributed by atoms with Crippen molar-refractivity contribution in [3.8, 4) is 0 Å². The molecular formula is C15H22Cl2FN3O3S. The van der Waals surface area contributed by atoms with Crippen LogP contribution in [0.1, 0.15) is 25.7 Å². The molecule has 1 heterocycles. The molecule has 0 bridgehead atoms. The summed E-state index contributed by atoms with van der Waals surface area (Å²) in [6.45, 7) is 0.693. The lowest BCUT2D eigenvalue weighted by Gasteiger charge is -2.34. The smallest absolute Gasteiger partial charge is 0.246 e. The molecule has 0 aliphatic carbocycles. The summed E-state index contributed by atoms with van der Waals surface area (Å²) in [7, 11) is -4.03. The van der Waals surface area contributed by atoms with Crippen LogP contribution in [0.3, 0.4) is 0 Å². The molecule has 1 unspecified atom stereocenters. The molecule has 142 valence electrons. The maximum atomic E-state index is 14.0. The highest BCUT2D eigenvalue weighted by Crippen LogP contribution is 2.28. The predicted octanol–water partition coefficient (Wildman–Crippen LogP) is 1.91. The SMILES string of the molecule is Cl.NCCC(=O)NCC1CCCCN1S(=O)(=O)c1cc(Cl)ccc1F. The molecule has 1 aromatic rings. The summed E-state index contributed by atoms with van der Waals surface area (Å²) in [6.07, 6.45) is 2.32. The highest BCUT2D eigenvalue weighted by atomic mass is 35.5. The van der Waals surface area contributed by atoms with E-state index in [1.807, 2.05) is 0 Å². The molecule has 2 rings (SSSR count). The van der Waals surface area contributed by atoms with Crippen molar-refractivity contribution in [2.45, 2.75) is 36.6 Å². The summed E-state index contributed by atoms with van der Waals surface area (Å²) in [4.78, 5) is 11.1. The van der Waals surface area contributed by atoms with Crippen LogP contribution in [-0.4, -0.2) is 44.3 Å². The van der Waals surface area contributed by atoms with E-state index < -0.39 is 26.8 Å². The maximum absolute atomic E-state index is 14.0. The van der Waals surface area contributed by atoms with Crippen LogP contribution in [-0.2, 0) is 14.8 Å². The van der Waals surface area contributed by atoms with Crippen molar-refractivity contribution in [3.05, 3.63) is 29.0 Å². The van der Waals surface area contributed by atoms with E-state index in [9.17, 15) is 17.6 Å². The molecule has 1 amide bonds. The number of hydrogen-bond acceptors (Lipinski definition) is 4. The molecule has 25 heavy (non-hydrogen) atoms. The second kappa shape index (κ2) is 9.68. The molecule has 0 spiro atoms. The molecule has 6 nitrogen and oxygen atoms in total. The van der Waals surface area contributed by atoms with Gasteiger partial charge in [-0.3, -0.25) is 4.79 Å². The first-order chi connectivity index (χ1) is 11.4. The lowest BCUT2D eigenvalue weighted by molar-refractivity contribution is -0.121. The van der Waals surface area contributed by atoms with Crippen molar-refractivity contribution >= 4 is 39.9 Å². The van der Waals surface area contributed by atoms with Crippen LogP contribution >= 0.6 is 24.0 Å². The number of nitrogens with one attached hydrogen (secondary N) is 1. The number of carbonyl (C=O) groups is 1. The summed E-state index contributed by atoms with van der Waals surface area (Å²) in [6, 6.07) is 3.04. The van der Waals surface area contributed by atoms with Crippen molar-refractivity contribution in [2.24, 2.45) is 5.73 Å². The molecular weight excluding hydrogens is 392 g/mol. The Kier molecular flexibility index (Phi) is 8.56. The highest BCUT2D eigenvalue weighted by Gasteiger charge is 2.35. The zero-order valence-corrected chi connectivity index (χ0v) is 16.0. The van der Waals surface area contributed by atoms with E-state index in [1.54, 1.807) is 0 Å². The van der Waals surface area contributed by atoms with Crippen LogP contribution in [0, 0.1) is 5.82 Å². The number of benzene rings is 1. The first kappa shape index (κ1) is 22.1. The van der Waals surface area contributed by atoms with Gasteiger partial charge in [-0.15, -0.1) is 12.4 Å². The van der Waals surface area contributed by atoms with Gasteiger partial charge in [0.15, 0.2) is 0 Å². The largest absolute Gasteiger partial charge is 0.354 e. The standard InChI is InChI=1S/C15H21ClFN3O3S.ClH/c16-11-4-5-13(17)14(9-11)24(22,23)20-8-2-1-3-12(20)10-19-15(21)6-7-18;/h4-5,9,12H,1-3,6-8,10,18H2,(H,19,21);1H. The number of halogens is 3. The van der Waals surface area contributed by atoms with Crippen molar-refractivity contribution in [1.29, 1.82) is 0 Å². The second-order valence-corrected chi connectivity index (χ2v) is 7.98. The van der Waals surface area contributed by atoms with E-state index in [0.29, 0.717) is 12.8 Å². The molecule has 1 saturated heterocycles. The Hall–Kier alpha value is -0.930. The van der Waals surface area contributed by atoms with Gasteiger partial charge in [-0.25, -0.2) is 12.8 Å². The van der Waals surface area contributed by atoms with Gasteiger partial charge >= 0.3 is 0 Å². The van der Waals surface area contributed by atoms with E-state index in [2.05, 4.69) is 5.32 Å². The van der Waals surface area contributed by atoms with Crippen molar-refractivity contribution < 1.29 is 17.6 Å². The summed E-state index contributed by atoms with van der Waals surface area (Å²) >= 11 is 5.82. The van der Waals surface area contributed by atoms with E-state index in [4.69, 9.17) is 17.3 Å². The van der Waals surface area contributed by atoms with Gasteiger partial charge in [0.1, 0.15) is 10.7 Å². The number of nitrogens with two attached hydrogens (primary N) is 1. The van der Waals surface area contributed by atoms with Crippen molar-refractivity contribution in [2.75, 3.05) is 19.6 Å². The average molecular weight is 414 g/mol. The molecule has 1 atom stereocenters. The van der Waals surface area contributed by atoms with Gasteiger partial charge in [0.25, 0.3) is 0 Å². The molecule has 0 radical (unpaired) electrons. The molecule has 0 saturated carbocycles. The number of rotatable bonds is 6. The van der Waals surface area contributed by atoms with Gasteiger partial charge in [-0.1, -0.05) is 18.0 Å². The van der Waals surface area contributed by atoms with E-state index in [0.717, 1.165) is 18.6 Å². The zero-order chi connectivity index (χ0) is 17.7. The van der Waals surface area contributed by atoms with Crippen LogP contribution < -0.4 is 11.1 Å². The molecule has 3 N–H and O–H groups in total. The lowest BCUT2D eigenvalue weighted by atomic mass is 10.1. The molecule has 1 aliphatic rings. The van der Waals surface area contributed by atoms with Gasteiger partial charge in [-0.05, 0) is 31.0 Å². The molecule has 10 heteroatoms. The normalized spacial score (nSPS) is 18.4. The first-order valence-corrected chi connectivity index (χ1v) is 9.61. The van der Waals surface area contributed by atoms with Crippen LogP contribution in [0.15, 0.2) is 23.1 Å². The van der Waals surface area contributed by atoms with E-state index >= 15 is 0 Å². The van der Waals surface area contributed by atoms with Crippen molar-refractivity contribution in [3.63, 3.8) is 0 Å². The number of carbonyl (C=O) groups excluding carboxylic acids is 1. The number of nitrogens with zero attached hydrogens (tertiary/aromatic N) is 1. The Bertz CT molecular complexity index is 703. The third-order valence-corrected chi connectivity index (χ3v) is 6.16. The minimum absolute atomic E-state index is 0. The number of piperidine rings is 1. The van der Waals surface area contributed by atoms with Gasteiger partial charge in [-0.2, -0.15) is 4.31 Å². The van der Waals surface area contributed by atoms with Crippen LogP contribution in [0.4, 0.5) is 4.39 Å². The minimum atomic E-state index is -4.03. The number of sulfonamides is 1. The molecule has 1 fully saturated rings. The topological polar surface area (TPSA) is 92.5 Å². The Morgan fingerprint density at radius 3 is 2.80 bits per heavy atom. The summed E-state index contributed by atoms with van der Waals surface area (Å²) in [5.41, 5.74) is 5.32. The number of amides is 1. The Balaban J connectivity index is 0.00000312. The third kappa shape index (κ3) is 5.52. The van der Waals surface area contributed by atoms with Crippen LogP contribution in [0.2, 0.25) is 5.02 Å². The number of hydrogen-bond donors (Lipinski definition) is 2. The first-order valence-electron chi connectivity index (χ1n) is 7.80. The molecule has 1 aliphatic heterocycles. The fraction of sp³-hybridized carbons (Fsp3) is 0.533. The minimum Gasteiger partial charge on any atom is -0.354 e. The Morgan fingerprint density at radius 1 is 1.40 bits per heavy atom. The summed E-state index contributed by atoms with van der Waals surface area (Å²) < 4.78 is 40.9. The van der Waals surface area contributed by atoms with Gasteiger partial charge in [0.2, 0.25) is 15.9 Å². The predicted molar refractivity (Wildman–Crippen MR) is 96.9 cm³/mol. The maximum Gasteiger partial charge on any atom is 0.246 e. The molecule has 0 aromatic heterocycles. The summed E-state index contributed by atoms with van der Waals surface area (Å²) in [5.74, 6) is -1.06. The van der Waals surface area contributed by atoms with Gasteiger partial charge < -0.3 is 11.1 Å². The Morgan fingerprint density at radius 2 is 2.12 bits per heavy atom. The van der Waals surface area contributed by atoms with Gasteiger partial charge in [0, 0.05) is 37.1 Å². The summed E-state index contributed by atoms with van der Waals surface area (Å²) in [5, 5.41) is 2.84. The zero-order valence-electron chi connectivity index (χ0n) is 13.6. The molecule has 1 aromatic carbocycles. The van der Waals surface area contributed by atoms with Crippen LogP contribution in [0.25, 0.3) is 0 Å². The quantitative estimate of drug-likeness (QED) is 0.744.